The normalized spacial score (nSPS) is 17.3. The second kappa shape index (κ2) is 6.02. The number of hydrogen-bond donors (Lipinski definition) is 2. The van der Waals surface area contributed by atoms with Crippen LogP contribution in [0.15, 0.2) is 22.7 Å². The fraction of sp³-hybridized carbons (Fsp3) is 0.538. The molecular formula is C13H18BrNO3. The number of rotatable bonds is 6. The van der Waals surface area contributed by atoms with Gasteiger partial charge in [-0.15, -0.1) is 0 Å². The number of ether oxygens (including phenoxy) is 2. The van der Waals surface area contributed by atoms with E-state index < -0.39 is 0 Å². The second-order valence-electron chi connectivity index (χ2n) is 4.71. The first-order valence-electron chi connectivity index (χ1n) is 5.91. The predicted octanol–water partition coefficient (Wildman–Crippen LogP) is 1.56. The zero-order valence-electron chi connectivity index (χ0n) is 10.4. The highest BCUT2D eigenvalue weighted by atomic mass is 79.9. The first-order valence-corrected chi connectivity index (χ1v) is 6.70. The van der Waals surface area contributed by atoms with Crippen LogP contribution in [0.5, 0.6) is 5.75 Å². The maximum Gasteiger partial charge on any atom is 0.119 e. The molecule has 1 heterocycles. The Hall–Kier alpha value is -0.620. The third-order valence-corrected chi connectivity index (χ3v) is 3.99. The van der Waals surface area contributed by atoms with E-state index in [-0.39, 0.29) is 12.0 Å². The minimum Gasteiger partial charge on any atom is -0.497 e. The quantitative estimate of drug-likeness (QED) is 0.836. The number of methoxy groups -OCH3 is 1. The number of halogens is 1. The van der Waals surface area contributed by atoms with Gasteiger partial charge in [-0.05, 0) is 23.8 Å². The van der Waals surface area contributed by atoms with E-state index >= 15 is 0 Å². The molecule has 0 amide bonds. The van der Waals surface area contributed by atoms with Crippen molar-refractivity contribution in [3.63, 3.8) is 0 Å². The highest BCUT2D eigenvalue weighted by Crippen LogP contribution is 2.26. The van der Waals surface area contributed by atoms with Crippen LogP contribution in [0.25, 0.3) is 0 Å². The van der Waals surface area contributed by atoms with Crippen LogP contribution in [0.2, 0.25) is 0 Å². The molecule has 1 aliphatic heterocycles. The molecule has 100 valence electrons. The van der Waals surface area contributed by atoms with Crippen molar-refractivity contribution >= 4 is 15.9 Å². The molecule has 1 aliphatic rings. The van der Waals surface area contributed by atoms with E-state index in [4.69, 9.17) is 9.47 Å². The number of aliphatic hydroxyl groups excluding tert-OH is 1. The molecule has 2 N–H and O–H groups in total. The zero-order valence-corrected chi connectivity index (χ0v) is 12.0. The Labute approximate surface area is 115 Å². The van der Waals surface area contributed by atoms with Crippen LogP contribution in [0.3, 0.4) is 0 Å². The maximum absolute atomic E-state index is 9.32. The minimum atomic E-state index is -0.0919. The van der Waals surface area contributed by atoms with Crippen molar-refractivity contribution in [2.45, 2.75) is 6.54 Å². The van der Waals surface area contributed by atoms with E-state index in [1.165, 1.54) is 0 Å². The molecule has 18 heavy (non-hydrogen) atoms. The lowest BCUT2D eigenvalue weighted by Crippen LogP contribution is -2.52. The average Bonchev–Trinajstić information content (AvgIpc) is 2.35. The summed E-state index contributed by atoms with van der Waals surface area (Å²) >= 11 is 3.52. The van der Waals surface area contributed by atoms with Crippen LogP contribution < -0.4 is 10.1 Å². The number of nitrogens with one attached hydrogen (secondary N) is 1. The molecule has 2 rings (SSSR count). The Kier molecular flexibility index (Phi) is 4.61. The third kappa shape index (κ3) is 3.03. The molecule has 0 radical (unpaired) electrons. The van der Waals surface area contributed by atoms with Crippen molar-refractivity contribution in [1.82, 2.24) is 5.32 Å². The van der Waals surface area contributed by atoms with Crippen LogP contribution >= 0.6 is 15.9 Å². The monoisotopic (exact) mass is 315 g/mol. The molecule has 0 saturated carbocycles. The van der Waals surface area contributed by atoms with E-state index in [1.54, 1.807) is 7.11 Å². The van der Waals surface area contributed by atoms with Crippen LogP contribution in [0.1, 0.15) is 5.56 Å². The molecule has 0 atom stereocenters. The van der Waals surface area contributed by atoms with Gasteiger partial charge in [0, 0.05) is 17.6 Å². The maximum atomic E-state index is 9.32. The van der Waals surface area contributed by atoms with Crippen molar-refractivity contribution in [1.29, 1.82) is 0 Å². The van der Waals surface area contributed by atoms with Gasteiger partial charge in [0.1, 0.15) is 5.75 Å². The van der Waals surface area contributed by atoms with Gasteiger partial charge in [0.05, 0.1) is 32.3 Å². The topological polar surface area (TPSA) is 50.7 Å². The molecule has 5 heteroatoms. The van der Waals surface area contributed by atoms with Crippen LogP contribution in [-0.2, 0) is 11.3 Å². The van der Waals surface area contributed by atoms with E-state index in [0.717, 1.165) is 28.9 Å². The number of aliphatic hydroxyl groups is 1. The van der Waals surface area contributed by atoms with Crippen molar-refractivity contribution < 1.29 is 14.6 Å². The molecule has 1 fully saturated rings. The van der Waals surface area contributed by atoms with Gasteiger partial charge in [0.25, 0.3) is 0 Å². The van der Waals surface area contributed by atoms with E-state index in [0.29, 0.717) is 13.2 Å². The summed E-state index contributed by atoms with van der Waals surface area (Å²) in [5.74, 6) is 0.846. The van der Waals surface area contributed by atoms with E-state index in [9.17, 15) is 5.11 Å². The molecule has 4 nitrogen and oxygen atoms in total. The molecule has 0 bridgehead atoms. The van der Waals surface area contributed by atoms with Gasteiger partial charge < -0.3 is 19.9 Å². The Bertz CT molecular complexity index is 402. The van der Waals surface area contributed by atoms with Gasteiger partial charge in [0.15, 0.2) is 0 Å². The average molecular weight is 316 g/mol. The van der Waals surface area contributed by atoms with Gasteiger partial charge in [0.2, 0.25) is 0 Å². The molecule has 0 aromatic heterocycles. The minimum absolute atomic E-state index is 0.0919. The summed E-state index contributed by atoms with van der Waals surface area (Å²) in [7, 11) is 1.66. The lowest BCUT2D eigenvalue weighted by atomic mass is 9.87. The molecule has 1 saturated heterocycles. The second-order valence-corrected chi connectivity index (χ2v) is 5.57. The predicted molar refractivity (Wildman–Crippen MR) is 72.7 cm³/mol. The van der Waals surface area contributed by atoms with E-state index in [2.05, 4.69) is 21.2 Å². The first kappa shape index (κ1) is 13.8. The summed E-state index contributed by atoms with van der Waals surface area (Å²) in [6.45, 7) is 2.93. The summed E-state index contributed by atoms with van der Waals surface area (Å²) < 4.78 is 11.4. The van der Waals surface area contributed by atoms with Crippen molar-refractivity contribution in [3.8, 4) is 5.75 Å². The molecular weight excluding hydrogens is 298 g/mol. The van der Waals surface area contributed by atoms with Crippen LogP contribution in [0.4, 0.5) is 0 Å². The molecule has 0 unspecified atom stereocenters. The first-order chi connectivity index (χ1) is 8.69. The summed E-state index contributed by atoms with van der Waals surface area (Å²) in [5.41, 5.74) is 1.05. The van der Waals surface area contributed by atoms with Gasteiger partial charge >= 0.3 is 0 Å². The van der Waals surface area contributed by atoms with Crippen LogP contribution in [-0.4, -0.2) is 38.6 Å². The van der Waals surface area contributed by atoms with Crippen molar-refractivity contribution in [3.05, 3.63) is 28.2 Å². The van der Waals surface area contributed by atoms with Crippen molar-refractivity contribution in [2.75, 3.05) is 33.5 Å². The number of benzene rings is 1. The Balaban J connectivity index is 1.89. The van der Waals surface area contributed by atoms with Crippen LogP contribution in [0, 0.1) is 5.41 Å². The third-order valence-electron chi connectivity index (χ3n) is 3.22. The molecule has 0 spiro atoms. The SMILES string of the molecule is COc1ccc(Br)c(CNCC2(CO)COC2)c1. The Morgan fingerprint density at radius 3 is 2.83 bits per heavy atom. The summed E-state index contributed by atoms with van der Waals surface area (Å²) in [4.78, 5) is 0. The Morgan fingerprint density at radius 1 is 1.50 bits per heavy atom. The molecule has 0 aliphatic carbocycles. The summed E-state index contributed by atoms with van der Waals surface area (Å²) in [6, 6.07) is 5.90. The largest absolute Gasteiger partial charge is 0.497 e. The summed E-state index contributed by atoms with van der Waals surface area (Å²) in [6.07, 6.45) is 0. The smallest absolute Gasteiger partial charge is 0.119 e. The summed E-state index contributed by atoms with van der Waals surface area (Å²) in [5, 5.41) is 12.7. The Morgan fingerprint density at radius 2 is 2.28 bits per heavy atom. The highest BCUT2D eigenvalue weighted by molar-refractivity contribution is 9.10. The molecule has 1 aromatic rings. The van der Waals surface area contributed by atoms with Gasteiger partial charge in [-0.3, -0.25) is 0 Å². The number of hydrogen-bond acceptors (Lipinski definition) is 4. The van der Waals surface area contributed by atoms with Gasteiger partial charge in [-0.25, -0.2) is 0 Å². The van der Waals surface area contributed by atoms with Gasteiger partial charge in [-0.2, -0.15) is 0 Å². The fourth-order valence-corrected chi connectivity index (χ4v) is 2.30. The fourth-order valence-electron chi connectivity index (χ4n) is 1.92. The molecule has 1 aromatic carbocycles. The zero-order chi connectivity index (χ0) is 13.0. The lowest BCUT2D eigenvalue weighted by molar-refractivity contribution is -0.134. The van der Waals surface area contributed by atoms with Crippen molar-refractivity contribution in [2.24, 2.45) is 5.41 Å². The highest BCUT2D eigenvalue weighted by Gasteiger charge is 2.37. The lowest BCUT2D eigenvalue weighted by Gasteiger charge is -2.40. The van der Waals surface area contributed by atoms with Gasteiger partial charge in [-0.1, -0.05) is 15.9 Å². The standard InChI is InChI=1S/C13H18BrNO3/c1-17-11-2-3-12(14)10(4-11)5-15-6-13(7-16)8-18-9-13/h2-4,15-16H,5-9H2,1H3. The van der Waals surface area contributed by atoms with E-state index in [1.807, 2.05) is 18.2 Å².